The van der Waals surface area contributed by atoms with Crippen molar-refractivity contribution in [2.45, 2.75) is 45.7 Å². The van der Waals surface area contributed by atoms with E-state index in [4.69, 9.17) is 4.52 Å². The van der Waals surface area contributed by atoms with Gasteiger partial charge in [0, 0.05) is 18.5 Å². The molecular weight excluding hydrogens is 304 g/mol. The normalized spacial score (nSPS) is 19.3. The largest absolute Gasteiger partial charge is 0.353 e. The standard InChI is InChI=1S/C18H24N4O2/c1-12-7-5-6-8-13(12)15-16(23)19-9-10-22(15)11-14-20-17(21-24-14)18(2,3)4/h5-8,15H,9-11H2,1-4H3,(H,19,23)/t15-/m1/s1. The molecule has 1 N–H and O–H groups in total. The van der Waals surface area contributed by atoms with Crippen molar-refractivity contribution in [3.8, 4) is 0 Å². The Hall–Kier alpha value is -2.21. The molecule has 0 saturated carbocycles. The number of amides is 1. The second-order valence-electron chi connectivity index (χ2n) is 7.28. The lowest BCUT2D eigenvalue weighted by Crippen LogP contribution is -2.49. The number of aromatic nitrogens is 2. The topological polar surface area (TPSA) is 71.3 Å². The molecule has 1 saturated heterocycles. The van der Waals surface area contributed by atoms with Gasteiger partial charge in [-0.25, -0.2) is 0 Å². The van der Waals surface area contributed by atoms with E-state index in [1.165, 1.54) is 0 Å². The smallest absolute Gasteiger partial charge is 0.242 e. The summed E-state index contributed by atoms with van der Waals surface area (Å²) < 4.78 is 5.41. The van der Waals surface area contributed by atoms with Crippen LogP contribution in [0.3, 0.4) is 0 Å². The number of rotatable bonds is 3. The number of hydrogen-bond acceptors (Lipinski definition) is 5. The van der Waals surface area contributed by atoms with Crippen molar-refractivity contribution in [3.63, 3.8) is 0 Å². The van der Waals surface area contributed by atoms with Crippen LogP contribution >= 0.6 is 0 Å². The van der Waals surface area contributed by atoms with Gasteiger partial charge < -0.3 is 9.84 Å². The Bertz CT molecular complexity index is 733. The van der Waals surface area contributed by atoms with Crippen LogP contribution in [0.4, 0.5) is 0 Å². The Balaban J connectivity index is 1.86. The van der Waals surface area contributed by atoms with E-state index in [0.29, 0.717) is 24.8 Å². The average Bonchev–Trinajstić information content (AvgIpc) is 2.98. The highest BCUT2D eigenvalue weighted by molar-refractivity contribution is 5.84. The van der Waals surface area contributed by atoms with Gasteiger partial charge >= 0.3 is 0 Å². The third-order valence-corrected chi connectivity index (χ3v) is 4.27. The maximum Gasteiger partial charge on any atom is 0.242 e. The van der Waals surface area contributed by atoms with E-state index in [2.05, 4.69) is 20.4 Å². The van der Waals surface area contributed by atoms with E-state index in [0.717, 1.165) is 17.7 Å². The second-order valence-corrected chi connectivity index (χ2v) is 7.28. The highest BCUT2D eigenvalue weighted by Gasteiger charge is 2.33. The van der Waals surface area contributed by atoms with E-state index in [1.54, 1.807) is 0 Å². The molecule has 1 aromatic carbocycles. The molecule has 1 amide bonds. The maximum atomic E-state index is 12.5. The van der Waals surface area contributed by atoms with Crippen LogP contribution in [-0.2, 0) is 16.8 Å². The van der Waals surface area contributed by atoms with E-state index in [9.17, 15) is 4.79 Å². The highest BCUT2D eigenvalue weighted by atomic mass is 16.5. The lowest BCUT2D eigenvalue weighted by atomic mass is 9.96. The van der Waals surface area contributed by atoms with Crippen molar-refractivity contribution in [1.82, 2.24) is 20.4 Å². The first-order valence-electron chi connectivity index (χ1n) is 8.26. The van der Waals surface area contributed by atoms with Crippen LogP contribution in [0.1, 0.15) is 49.7 Å². The van der Waals surface area contributed by atoms with Gasteiger partial charge in [0.25, 0.3) is 0 Å². The number of nitrogens with one attached hydrogen (secondary N) is 1. The summed E-state index contributed by atoms with van der Waals surface area (Å²) in [5.41, 5.74) is 1.96. The second kappa shape index (κ2) is 6.36. The first kappa shape index (κ1) is 16.6. The van der Waals surface area contributed by atoms with Gasteiger partial charge in [0.2, 0.25) is 11.8 Å². The zero-order valence-corrected chi connectivity index (χ0v) is 14.7. The summed E-state index contributed by atoms with van der Waals surface area (Å²) in [6.45, 7) is 10.0. The monoisotopic (exact) mass is 328 g/mol. The van der Waals surface area contributed by atoms with Gasteiger partial charge in [-0.15, -0.1) is 0 Å². The van der Waals surface area contributed by atoms with Crippen molar-refractivity contribution in [3.05, 3.63) is 47.1 Å². The minimum atomic E-state index is -0.329. The van der Waals surface area contributed by atoms with E-state index < -0.39 is 0 Å². The molecule has 3 rings (SSSR count). The third kappa shape index (κ3) is 3.33. The first-order chi connectivity index (χ1) is 11.4. The lowest BCUT2D eigenvalue weighted by molar-refractivity contribution is -0.129. The van der Waals surface area contributed by atoms with Crippen LogP contribution < -0.4 is 5.32 Å². The van der Waals surface area contributed by atoms with Crippen molar-refractivity contribution >= 4 is 5.91 Å². The Labute approximate surface area is 142 Å². The number of aryl methyl sites for hydroxylation is 1. The maximum absolute atomic E-state index is 12.5. The quantitative estimate of drug-likeness (QED) is 0.936. The Morgan fingerprint density at radius 3 is 2.75 bits per heavy atom. The fraction of sp³-hybridized carbons (Fsp3) is 0.500. The molecule has 1 atom stereocenters. The molecule has 0 unspecified atom stereocenters. The molecule has 128 valence electrons. The zero-order valence-electron chi connectivity index (χ0n) is 14.7. The van der Waals surface area contributed by atoms with Gasteiger partial charge in [0.1, 0.15) is 6.04 Å². The Morgan fingerprint density at radius 1 is 1.33 bits per heavy atom. The number of piperazine rings is 1. The van der Waals surface area contributed by atoms with Crippen LogP contribution in [0.2, 0.25) is 0 Å². The third-order valence-electron chi connectivity index (χ3n) is 4.27. The van der Waals surface area contributed by atoms with Gasteiger partial charge in [-0.1, -0.05) is 50.2 Å². The molecule has 2 aromatic rings. The molecule has 24 heavy (non-hydrogen) atoms. The molecule has 0 spiro atoms. The van der Waals surface area contributed by atoms with Gasteiger partial charge in [0.15, 0.2) is 5.82 Å². The molecule has 1 fully saturated rings. The van der Waals surface area contributed by atoms with Crippen molar-refractivity contribution < 1.29 is 9.32 Å². The molecule has 6 nitrogen and oxygen atoms in total. The zero-order chi connectivity index (χ0) is 17.3. The number of nitrogens with zero attached hydrogens (tertiary/aromatic N) is 3. The summed E-state index contributed by atoms with van der Waals surface area (Å²) in [6, 6.07) is 7.65. The number of carbonyl (C=O) groups is 1. The van der Waals surface area contributed by atoms with Crippen molar-refractivity contribution in [2.24, 2.45) is 0 Å². The summed E-state index contributed by atoms with van der Waals surface area (Å²) in [6.07, 6.45) is 0. The SMILES string of the molecule is Cc1ccccc1[C@@H]1C(=O)NCCN1Cc1nc(C(C)(C)C)no1. The molecule has 1 aliphatic rings. The Kier molecular flexibility index (Phi) is 4.41. The van der Waals surface area contributed by atoms with E-state index >= 15 is 0 Å². The minimum absolute atomic E-state index is 0.0195. The van der Waals surface area contributed by atoms with Gasteiger partial charge in [-0.3, -0.25) is 9.69 Å². The number of benzene rings is 1. The van der Waals surface area contributed by atoms with Crippen LogP contribution in [0.25, 0.3) is 0 Å². The van der Waals surface area contributed by atoms with E-state index in [-0.39, 0.29) is 17.4 Å². The fourth-order valence-corrected chi connectivity index (χ4v) is 2.91. The Morgan fingerprint density at radius 2 is 2.08 bits per heavy atom. The van der Waals surface area contributed by atoms with Crippen LogP contribution in [0.15, 0.2) is 28.8 Å². The lowest BCUT2D eigenvalue weighted by Gasteiger charge is -2.34. The molecule has 0 radical (unpaired) electrons. The van der Waals surface area contributed by atoms with Gasteiger partial charge in [0.05, 0.1) is 6.54 Å². The number of hydrogen-bond donors (Lipinski definition) is 1. The van der Waals surface area contributed by atoms with Gasteiger partial charge in [-0.2, -0.15) is 4.98 Å². The summed E-state index contributed by atoms with van der Waals surface area (Å²) in [4.78, 5) is 19.1. The predicted octanol–water partition coefficient (Wildman–Crippen LogP) is 2.35. The first-order valence-corrected chi connectivity index (χ1v) is 8.26. The molecule has 1 aromatic heterocycles. The molecule has 1 aliphatic heterocycles. The van der Waals surface area contributed by atoms with Gasteiger partial charge in [-0.05, 0) is 18.1 Å². The summed E-state index contributed by atoms with van der Waals surface area (Å²) >= 11 is 0. The fourth-order valence-electron chi connectivity index (χ4n) is 2.91. The highest BCUT2D eigenvalue weighted by Crippen LogP contribution is 2.28. The average molecular weight is 328 g/mol. The van der Waals surface area contributed by atoms with E-state index in [1.807, 2.05) is 52.0 Å². The van der Waals surface area contributed by atoms with Crippen molar-refractivity contribution in [1.29, 1.82) is 0 Å². The van der Waals surface area contributed by atoms with Crippen LogP contribution in [-0.4, -0.2) is 34.0 Å². The number of carbonyl (C=O) groups excluding carboxylic acids is 1. The molecule has 2 heterocycles. The molecular formula is C18H24N4O2. The summed E-state index contributed by atoms with van der Waals surface area (Å²) in [5, 5.41) is 7.03. The minimum Gasteiger partial charge on any atom is -0.353 e. The summed E-state index contributed by atoms with van der Waals surface area (Å²) in [7, 11) is 0. The predicted molar refractivity (Wildman–Crippen MR) is 90.3 cm³/mol. The molecule has 0 bridgehead atoms. The summed E-state index contributed by atoms with van der Waals surface area (Å²) in [5.74, 6) is 1.26. The van der Waals surface area contributed by atoms with Crippen LogP contribution in [0.5, 0.6) is 0 Å². The molecule has 6 heteroatoms. The van der Waals surface area contributed by atoms with Crippen molar-refractivity contribution in [2.75, 3.05) is 13.1 Å². The van der Waals surface area contributed by atoms with Crippen LogP contribution in [0, 0.1) is 6.92 Å². The molecule has 0 aliphatic carbocycles.